The average molecular weight is 420 g/mol. The molecule has 28 heavy (non-hydrogen) atoms. The Bertz CT molecular complexity index is 1020. The Hall–Kier alpha value is -2.36. The molecule has 148 valence electrons. The first kappa shape index (κ1) is 20.4. The smallest absolute Gasteiger partial charge is 0.244 e. The predicted octanol–water partition coefficient (Wildman–Crippen LogP) is 2.32. The van der Waals surface area contributed by atoms with Gasteiger partial charge >= 0.3 is 0 Å². The molecule has 2 amide bonds. The third-order valence-electron chi connectivity index (χ3n) is 4.29. The molecule has 0 fully saturated rings. The van der Waals surface area contributed by atoms with E-state index in [4.69, 9.17) is 0 Å². The van der Waals surface area contributed by atoms with Crippen LogP contribution in [0.5, 0.6) is 0 Å². The molecular weight excluding hydrogens is 398 g/mol. The van der Waals surface area contributed by atoms with Gasteiger partial charge in [-0.25, -0.2) is 12.7 Å². The largest absolute Gasteiger partial charge is 0.325 e. The van der Waals surface area contributed by atoms with Crippen LogP contribution in [0.2, 0.25) is 0 Å². The van der Waals surface area contributed by atoms with Gasteiger partial charge in [0.15, 0.2) is 0 Å². The highest BCUT2D eigenvalue weighted by molar-refractivity contribution is 8.00. The molecule has 2 aromatic carbocycles. The minimum atomic E-state index is -3.65. The van der Waals surface area contributed by atoms with Gasteiger partial charge in [0.1, 0.15) is 6.54 Å². The lowest BCUT2D eigenvalue weighted by Crippen LogP contribution is -2.41. The van der Waals surface area contributed by atoms with Gasteiger partial charge < -0.3 is 10.2 Å². The molecule has 9 heteroatoms. The fourth-order valence-electron chi connectivity index (χ4n) is 2.71. The molecule has 0 saturated heterocycles. The van der Waals surface area contributed by atoms with Crippen LogP contribution in [-0.4, -0.2) is 50.9 Å². The van der Waals surface area contributed by atoms with E-state index >= 15 is 0 Å². The molecule has 0 aromatic heterocycles. The van der Waals surface area contributed by atoms with Crippen molar-refractivity contribution in [3.05, 3.63) is 48.0 Å². The minimum Gasteiger partial charge on any atom is -0.325 e. The molecule has 0 saturated carbocycles. The van der Waals surface area contributed by atoms with Crippen LogP contribution in [0.25, 0.3) is 0 Å². The predicted molar refractivity (Wildman–Crippen MR) is 110 cm³/mol. The molecule has 2 aromatic rings. The second kappa shape index (κ2) is 7.94. The van der Waals surface area contributed by atoms with Gasteiger partial charge in [-0.2, -0.15) is 0 Å². The number of benzene rings is 2. The first-order valence-electron chi connectivity index (χ1n) is 8.55. The second-order valence-corrected chi connectivity index (χ2v) is 9.77. The minimum absolute atomic E-state index is 0.0792. The SMILES string of the molecule is Cc1ccc(NC(=O)CN2C(=O)CSc3ccc(S(=O)(=O)N(C)C)cc32)cc1. The van der Waals surface area contributed by atoms with Gasteiger partial charge in [-0.3, -0.25) is 9.59 Å². The quantitative estimate of drug-likeness (QED) is 0.804. The number of anilines is 2. The normalized spacial score (nSPS) is 14.1. The number of thioether (sulfide) groups is 1. The maximum atomic E-state index is 12.5. The number of nitrogens with one attached hydrogen (secondary N) is 1. The van der Waals surface area contributed by atoms with Gasteiger partial charge in [-0.1, -0.05) is 17.7 Å². The molecule has 1 aliphatic heterocycles. The summed E-state index contributed by atoms with van der Waals surface area (Å²) in [4.78, 5) is 27.1. The van der Waals surface area contributed by atoms with E-state index in [-0.39, 0.29) is 29.0 Å². The van der Waals surface area contributed by atoms with Crippen molar-refractivity contribution in [3.8, 4) is 0 Å². The second-order valence-electron chi connectivity index (χ2n) is 6.60. The topological polar surface area (TPSA) is 86.8 Å². The Kier molecular flexibility index (Phi) is 5.78. The zero-order valence-corrected chi connectivity index (χ0v) is 17.4. The summed E-state index contributed by atoms with van der Waals surface area (Å²) in [6, 6.07) is 12.0. The van der Waals surface area contributed by atoms with E-state index in [9.17, 15) is 18.0 Å². The van der Waals surface area contributed by atoms with Gasteiger partial charge in [-0.05, 0) is 37.3 Å². The van der Waals surface area contributed by atoms with Crippen molar-refractivity contribution in [2.75, 3.05) is 36.6 Å². The fraction of sp³-hybridized carbons (Fsp3) is 0.263. The Morgan fingerprint density at radius 3 is 2.50 bits per heavy atom. The molecule has 0 spiro atoms. The molecule has 1 aliphatic rings. The van der Waals surface area contributed by atoms with Crippen LogP contribution < -0.4 is 10.2 Å². The maximum Gasteiger partial charge on any atom is 0.244 e. The van der Waals surface area contributed by atoms with E-state index in [0.29, 0.717) is 11.4 Å². The standard InChI is InChI=1S/C19H21N3O4S2/c1-13-4-6-14(7-5-13)20-18(23)11-22-16-10-15(28(25,26)21(2)3)8-9-17(16)27-12-19(22)24/h4-10H,11-12H2,1-3H3,(H,20,23). The van der Waals surface area contributed by atoms with E-state index in [1.807, 2.05) is 19.1 Å². The van der Waals surface area contributed by atoms with Gasteiger partial charge in [-0.15, -0.1) is 11.8 Å². The number of fused-ring (bicyclic) bond motifs is 1. The summed E-state index contributed by atoms with van der Waals surface area (Å²) in [6.07, 6.45) is 0. The van der Waals surface area contributed by atoms with E-state index < -0.39 is 10.0 Å². The maximum absolute atomic E-state index is 12.5. The third kappa shape index (κ3) is 4.21. The third-order valence-corrected chi connectivity index (χ3v) is 7.15. The van der Waals surface area contributed by atoms with Gasteiger partial charge in [0, 0.05) is 24.7 Å². The molecule has 0 unspecified atom stereocenters. The Labute approximate surface area is 168 Å². The van der Waals surface area contributed by atoms with Crippen molar-refractivity contribution in [1.82, 2.24) is 4.31 Å². The molecule has 0 radical (unpaired) electrons. The number of hydrogen-bond acceptors (Lipinski definition) is 5. The molecule has 0 bridgehead atoms. The molecule has 1 heterocycles. The number of carbonyl (C=O) groups is 2. The number of rotatable bonds is 5. The zero-order valence-electron chi connectivity index (χ0n) is 15.8. The van der Waals surface area contributed by atoms with E-state index in [2.05, 4.69) is 5.32 Å². The van der Waals surface area contributed by atoms with Crippen LogP contribution in [0.4, 0.5) is 11.4 Å². The van der Waals surface area contributed by atoms with Crippen LogP contribution in [0.1, 0.15) is 5.56 Å². The molecule has 7 nitrogen and oxygen atoms in total. The summed E-state index contributed by atoms with van der Waals surface area (Å²) in [5.41, 5.74) is 2.15. The summed E-state index contributed by atoms with van der Waals surface area (Å²) < 4.78 is 26.0. The lowest BCUT2D eigenvalue weighted by atomic mass is 10.2. The molecular formula is C19H21N3O4S2. The highest BCUT2D eigenvalue weighted by Crippen LogP contribution is 2.37. The Balaban J connectivity index is 1.87. The molecule has 1 N–H and O–H groups in total. The number of amides is 2. The van der Waals surface area contributed by atoms with Crippen molar-refractivity contribution in [3.63, 3.8) is 0 Å². The Morgan fingerprint density at radius 2 is 1.86 bits per heavy atom. The van der Waals surface area contributed by atoms with Crippen molar-refractivity contribution in [2.45, 2.75) is 16.7 Å². The van der Waals surface area contributed by atoms with Crippen molar-refractivity contribution in [2.24, 2.45) is 0 Å². The summed E-state index contributed by atoms with van der Waals surface area (Å²) in [7, 11) is -0.755. The van der Waals surface area contributed by atoms with E-state index in [0.717, 1.165) is 14.8 Å². The first-order valence-corrected chi connectivity index (χ1v) is 11.0. The molecule has 0 atom stereocenters. The van der Waals surface area contributed by atoms with Crippen LogP contribution in [0, 0.1) is 6.92 Å². The van der Waals surface area contributed by atoms with Crippen LogP contribution in [0.3, 0.4) is 0 Å². The number of sulfonamides is 1. The summed E-state index contributed by atoms with van der Waals surface area (Å²) >= 11 is 1.33. The van der Waals surface area contributed by atoms with E-state index in [1.165, 1.54) is 42.9 Å². The highest BCUT2D eigenvalue weighted by Gasteiger charge is 2.29. The molecule has 0 aliphatic carbocycles. The Morgan fingerprint density at radius 1 is 1.18 bits per heavy atom. The monoisotopic (exact) mass is 419 g/mol. The van der Waals surface area contributed by atoms with Crippen LogP contribution in [0.15, 0.2) is 52.3 Å². The van der Waals surface area contributed by atoms with E-state index in [1.54, 1.807) is 18.2 Å². The lowest BCUT2D eigenvalue weighted by molar-refractivity contribution is -0.120. The number of hydrogen-bond donors (Lipinski definition) is 1. The van der Waals surface area contributed by atoms with Crippen molar-refractivity contribution >= 4 is 45.0 Å². The zero-order chi connectivity index (χ0) is 20.5. The number of aryl methyl sites for hydroxylation is 1. The van der Waals surface area contributed by atoms with Crippen LogP contribution >= 0.6 is 11.8 Å². The first-order chi connectivity index (χ1) is 13.2. The number of carbonyl (C=O) groups excluding carboxylic acids is 2. The number of nitrogens with zero attached hydrogens (tertiary/aromatic N) is 2. The highest BCUT2D eigenvalue weighted by atomic mass is 32.2. The van der Waals surface area contributed by atoms with Gasteiger partial charge in [0.2, 0.25) is 21.8 Å². The van der Waals surface area contributed by atoms with Gasteiger partial charge in [0.25, 0.3) is 0 Å². The van der Waals surface area contributed by atoms with Crippen molar-refractivity contribution < 1.29 is 18.0 Å². The van der Waals surface area contributed by atoms with Gasteiger partial charge in [0.05, 0.1) is 16.3 Å². The average Bonchev–Trinajstić information content (AvgIpc) is 2.65. The summed E-state index contributed by atoms with van der Waals surface area (Å²) in [6.45, 7) is 1.76. The summed E-state index contributed by atoms with van der Waals surface area (Å²) in [5, 5.41) is 2.76. The lowest BCUT2D eigenvalue weighted by Gasteiger charge is -2.29. The summed E-state index contributed by atoms with van der Waals surface area (Å²) in [5.74, 6) is -0.392. The fourth-order valence-corrected chi connectivity index (χ4v) is 4.55. The van der Waals surface area contributed by atoms with Crippen LogP contribution in [-0.2, 0) is 19.6 Å². The molecule has 3 rings (SSSR count). The van der Waals surface area contributed by atoms with Crippen molar-refractivity contribution in [1.29, 1.82) is 0 Å².